The Kier molecular flexibility index (Phi) is 6.46. The largest absolute Gasteiger partial charge is 0.467 e. The van der Waals surface area contributed by atoms with Crippen molar-refractivity contribution in [1.82, 2.24) is 20.1 Å². The maximum Gasteiger partial charge on any atom is 0.265 e. The van der Waals surface area contributed by atoms with Crippen molar-refractivity contribution in [3.8, 4) is 0 Å². The van der Waals surface area contributed by atoms with Gasteiger partial charge in [0.2, 0.25) is 5.91 Å². The normalized spacial score (nSPS) is 14.9. The molecule has 1 fully saturated rings. The Morgan fingerprint density at radius 3 is 2.58 bits per heavy atom. The van der Waals surface area contributed by atoms with Crippen LogP contribution in [-0.2, 0) is 34.0 Å². The van der Waals surface area contributed by atoms with Crippen LogP contribution in [0.3, 0.4) is 0 Å². The highest BCUT2D eigenvalue weighted by Crippen LogP contribution is 2.25. The van der Waals surface area contributed by atoms with Crippen LogP contribution in [0.2, 0.25) is 0 Å². The lowest BCUT2D eigenvalue weighted by molar-refractivity contribution is -0.129. The highest BCUT2D eigenvalue weighted by molar-refractivity contribution is 7.80. The van der Waals surface area contributed by atoms with Gasteiger partial charge in [-0.3, -0.25) is 24.6 Å². The Morgan fingerprint density at radius 2 is 1.81 bits per heavy atom. The smallest absolute Gasteiger partial charge is 0.265 e. The van der Waals surface area contributed by atoms with E-state index >= 15 is 0 Å². The molecule has 0 saturated carbocycles. The van der Waals surface area contributed by atoms with Gasteiger partial charge in [0.15, 0.2) is 5.11 Å². The van der Waals surface area contributed by atoms with Gasteiger partial charge in [0, 0.05) is 22.7 Å². The van der Waals surface area contributed by atoms with E-state index in [0.717, 1.165) is 16.5 Å². The second-order valence-corrected chi connectivity index (χ2v) is 8.67. The van der Waals surface area contributed by atoms with Crippen molar-refractivity contribution in [3.05, 3.63) is 102 Å². The van der Waals surface area contributed by atoms with Crippen LogP contribution >= 0.6 is 12.2 Å². The molecule has 36 heavy (non-hydrogen) atoms. The first-order valence-corrected chi connectivity index (χ1v) is 11.7. The summed E-state index contributed by atoms with van der Waals surface area (Å²) in [4.78, 5) is 40.0. The first kappa shape index (κ1) is 23.3. The molecule has 2 N–H and O–H groups in total. The summed E-state index contributed by atoms with van der Waals surface area (Å²) in [5, 5.41) is 6.33. The predicted octanol–water partition coefficient (Wildman–Crippen LogP) is 3.38. The van der Waals surface area contributed by atoms with Crippen LogP contribution in [-0.4, -0.2) is 32.3 Å². The fraction of sp³-hybridized carbons (Fsp3) is 0.111. The quantitative estimate of drug-likeness (QED) is 0.231. The minimum atomic E-state index is -0.553. The SMILES string of the molecule is O=C(Cn1cc(C=C2C(=O)NC(=S)N(Cc3ccccc3)C2=O)c2ccccc21)NCc1ccco1. The third-order valence-electron chi connectivity index (χ3n) is 5.84. The summed E-state index contributed by atoms with van der Waals surface area (Å²) in [6, 6.07) is 20.5. The van der Waals surface area contributed by atoms with E-state index in [1.54, 1.807) is 35.2 Å². The minimum absolute atomic E-state index is 0.0234. The van der Waals surface area contributed by atoms with Gasteiger partial charge in [0.05, 0.1) is 19.4 Å². The van der Waals surface area contributed by atoms with E-state index in [4.69, 9.17) is 16.6 Å². The van der Waals surface area contributed by atoms with Gasteiger partial charge in [-0.15, -0.1) is 0 Å². The molecule has 0 atom stereocenters. The molecule has 1 saturated heterocycles. The first-order valence-electron chi connectivity index (χ1n) is 11.3. The van der Waals surface area contributed by atoms with Gasteiger partial charge in [-0.25, -0.2) is 0 Å². The van der Waals surface area contributed by atoms with E-state index in [9.17, 15) is 14.4 Å². The summed E-state index contributed by atoms with van der Waals surface area (Å²) >= 11 is 5.27. The van der Waals surface area contributed by atoms with Gasteiger partial charge in [0.25, 0.3) is 11.8 Å². The number of fused-ring (bicyclic) bond motifs is 1. The zero-order valence-electron chi connectivity index (χ0n) is 19.1. The number of furan rings is 1. The lowest BCUT2D eigenvalue weighted by Crippen LogP contribution is -2.53. The molecule has 1 aliphatic heterocycles. The van der Waals surface area contributed by atoms with Crippen LogP contribution in [0, 0.1) is 0 Å². The number of aromatic nitrogens is 1. The molecule has 3 amide bonds. The molecule has 4 aromatic rings. The molecular formula is C27H22N4O4S. The first-order chi connectivity index (χ1) is 17.5. The third kappa shape index (κ3) is 4.82. The van der Waals surface area contributed by atoms with Crippen molar-refractivity contribution in [3.63, 3.8) is 0 Å². The van der Waals surface area contributed by atoms with Crippen LogP contribution in [0.25, 0.3) is 17.0 Å². The summed E-state index contributed by atoms with van der Waals surface area (Å²) in [5.74, 6) is -0.564. The molecule has 0 radical (unpaired) electrons. The molecule has 0 unspecified atom stereocenters. The summed E-state index contributed by atoms with van der Waals surface area (Å²) in [6.45, 7) is 0.594. The van der Waals surface area contributed by atoms with Crippen LogP contribution in [0.1, 0.15) is 16.9 Å². The average Bonchev–Trinajstić information content (AvgIpc) is 3.52. The zero-order valence-corrected chi connectivity index (χ0v) is 20.0. The number of amides is 3. The van der Waals surface area contributed by atoms with Gasteiger partial charge < -0.3 is 14.3 Å². The maximum atomic E-state index is 13.3. The Balaban J connectivity index is 1.42. The molecule has 1 aliphatic rings. The maximum absolute atomic E-state index is 13.3. The molecule has 2 aromatic carbocycles. The average molecular weight is 499 g/mol. The van der Waals surface area contributed by atoms with E-state index in [2.05, 4.69) is 10.6 Å². The zero-order chi connectivity index (χ0) is 25.1. The highest BCUT2D eigenvalue weighted by atomic mass is 32.1. The van der Waals surface area contributed by atoms with Crippen LogP contribution in [0.15, 0.2) is 89.2 Å². The number of nitrogens with one attached hydrogen (secondary N) is 2. The fourth-order valence-electron chi connectivity index (χ4n) is 4.09. The second-order valence-electron chi connectivity index (χ2n) is 8.28. The number of para-hydroxylation sites is 1. The standard InChI is InChI=1S/C27H22N4O4S/c32-24(28-14-20-9-6-12-35-20)17-30-16-19(21-10-4-5-11-23(21)30)13-22-25(33)29-27(36)31(26(22)34)15-18-7-2-1-3-8-18/h1-13,16H,14-15,17H2,(H,28,32)(H,29,33,36). The van der Waals surface area contributed by atoms with Gasteiger partial charge in [-0.05, 0) is 42.1 Å². The van der Waals surface area contributed by atoms with Crippen molar-refractivity contribution in [2.45, 2.75) is 19.6 Å². The molecule has 0 aliphatic carbocycles. The number of thiocarbonyl (C=S) groups is 1. The number of hydrogen-bond acceptors (Lipinski definition) is 5. The van der Waals surface area contributed by atoms with Crippen molar-refractivity contribution < 1.29 is 18.8 Å². The van der Waals surface area contributed by atoms with Gasteiger partial charge >= 0.3 is 0 Å². The monoisotopic (exact) mass is 498 g/mol. The van der Waals surface area contributed by atoms with Crippen molar-refractivity contribution in [1.29, 1.82) is 0 Å². The van der Waals surface area contributed by atoms with Crippen molar-refractivity contribution in [2.24, 2.45) is 0 Å². The van der Waals surface area contributed by atoms with E-state index in [1.165, 1.54) is 4.90 Å². The summed E-state index contributed by atoms with van der Waals surface area (Å²) in [7, 11) is 0. The fourth-order valence-corrected chi connectivity index (χ4v) is 4.33. The summed E-state index contributed by atoms with van der Waals surface area (Å²) < 4.78 is 7.04. The third-order valence-corrected chi connectivity index (χ3v) is 6.16. The molecule has 3 heterocycles. The van der Waals surface area contributed by atoms with Crippen LogP contribution < -0.4 is 10.6 Å². The number of nitrogens with zero attached hydrogens (tertiary/aromatic N) is 2. The number of hydrogen-bond donors (Lipinski definition) is 2. The number of carbonyl (C=O) groups is 3. The molecule has 0 bridgehead atoms. The molecule has 180 valence electrons. The van der Waals surface area contributed by atoms with Crippen LogP contribution in [0.5, 0.6) is 0 Å². The number of rotatable bonds is 7. The van der Waals surface area contributed by atoms with Gasteiger partial charge in [0.1, 0.15) is 17.9 Å². The Labute approximate surface area is 212 Å². The van der Waals surface area contributed by atoms with Crippen molar-refractivity contribution >= 4 is 52.0 Å². The Hall–Kier alpha value is -4.50. The molecule has 9 heteroatoms. The molecular weight excluding hydrogens is 476 g/mol. The highest BCUT2D eigenvalue weighted by Gasteiger charge is 2.33. The van der Waals surface area contributed by atoms with E-state index in [-0.39, 0.29) is 36.2 Å². The summed E-state index contributed by atoms with van der Waals surface area (Å²) in [6.07, 6.45) is 4.87. The Morgan fingerprint density at radius 1 is 1.03 bits per heavy atom. The number of benzene rings is 2. The van der Waals surface area contributed by atoms with E-state index < -0.39 is 11.8 Å². The molecule has 8 nitrogen and oxygen atoms in total. The number of carbonyl (C=O) groups excluding carboxylic acids is 3. The van der Waals surface area contributed by atoms with E-state index in [1.807, 2.05) is 54.6 Å². The summed E-state index contributed by atoms with van der Waals surface area (Å²) in [5.41, 5.74) is 2.32. The topological polar surface area (TPSA) is 96.6 Å². The Bertz CT molecular complexity index is 1490. The van der Waals surface area contributed by atoms with E-state index in [0.29, 0.717) is 11.3 Å². The minimum Gasteiger partial charge on any atom is -0.467 e. The lowest BCUT2D eigenvalue weighted by Gasteiger charge is -2.29. The van der Waals surface area contributed by atoms with Gasteiger partial charge in [-0.1, -0.05) is 48.5 Å². The predicted molar refractivity (Wildman–Crippen MR) is 138 cm³/mol. The lowest BCUT2D eigenvalue weighted by atomic mass is 10.1. The molecule has 5 rings (SSSR count). The van der Waals surface area contributed by atoms with Crippen LogP contribution in [0.4, 0.5) is 0 Å². The van der Waals surface area contributed by atoms with Gasteiger partial charge in [-0.2, -0.15) is 0 Å². The molecule has 2 aromatic heterocycles. The van der Waals surface area contributed by atoms with Crippen molar-refractivity contribution in [2.75, 3.05) is 0 Å². The molecule has 0 spiro atoms. The second kappa shape index (κ2) is 10.0.